The van der Waals surface area contributed by atoms with Gasteiger partial charge in [-0.1, -0.05) is 23.7 Å². The van der Waals surface area contributed by atoms with Crippen LogP contribution in [0.2, 0.25) is 5.02 Å². The van der Waals surface area contributed by atoms with Crippen molar-refractivity contribution in [2.24, 2.45) is 5.73 Å². The summed E-state index contributed by atoms with van der Waals surface area (Å²) in [6.07, 6.45) is 0. The molecule has 0 aliphatic rings. The number of nitrogens with two attached hydrogens (primary N) is 1. The summed E-state index contributed by atoms with van der Waals surface area (Å²) in [5.41, 5.74) is 10.7. The van der Waals surface area contributed by atoms with E-state index in [2.05, 4.69) is 16.2 Å². The minimum absolute atomic E-state index is 0. The Morgan fingerprint density at radius 1 is 1.29 bits per heavy atom. The van der Waals surface area contributed by atoms with Crippen molar-refractivity contribution in [2.45, 2.75) is 6.54 Å². The maximum atomic E-state index is 7.42. The Morgan fingerprint density at radius 2 is 2.00 bits per heavy atom. The molecule has 6 nitrogen and oxygen atoms in total. The zero-order valence-corrected chi connectivity index (χ0v) is 10.5. The first kappa shape index (κ1) is 15.3. The normalized spacial score (nSPS) is 8.76. The molecule has 0 saturated heterocycles. The Balaban J connectivity index is 0.00000256. The number of hydrazine groups is 1. The van der Waals surface area contributed by atoms with Gasteiger partial charge in [0.1, 0.15) is 0 Å². The molecular weight excluding hydrogens is 263 g/mol. The summed E-state index contributed by atoms with van der Waals surface area (Å²) < 4.78 is 0. The van der Waals surface area contributed by atoms with Gasteiger partial charge in [0.15, 0.2) is 0 Å². The van der Waals surface area contributed by atoms with E-state index >= 15 is 0 Å². The van der Waals surface area contributed by atoms with Crippen LogP contribution in [-0.2, 0) is 6.54 Å². The van der Waals surface area contributed by atoms with Gasteiger partial charge in [-0.3, -0.25) is 21.7 Å². The maximum absolute atomic E-state index is 7.42. The fourth-order valence-electron chi connectivity index (χ4n) is 1.01. The SMILES string of the molecule is Cl.N=C(N)NNC(=N)NCc1cccc(Cl)c1. The molecule has 94 valence electrons. The predicted molar refractivity (Wildman–Crippen MR) is 71.5 cm³/mol. The van der Waals surface area contributed by atoms with Crippen molar-refractivity contribution in [3.63, 3.8) is 0 Å². The standard InChI is InChI=1S/C9H13ClN6.ClH/c10-7-3-1-2-6(4-7)5-14-9(13)16-15-8(11)12;/h1-4H,5H2,(H4,11,12,15)(H3,13,14,16);1H. The lowest BCUT2D eigenvalue weighted by atomic mass is 10.2. The molecule has 1 rings (SSSR count). The van der Waals surface area contributed by atoms with E-state index in [-0.39, 0.29) is 24.3 Å². The highest BCUT2D eigenvalue weighted by atomic mass is 35.5. The summed E-state index contributed by atoms with van der Waals surface area (Å²) in [6, 6.07) is 7.32. The van der Waals surface area contributed by atoms with Crippen molar-refractivity contribution in [1.29, 1.82) is 10.8 Å². The Bertz CT molecular complexity index is 395. The largest absolute Gasteiger partial charge is 0.369 e. The Labute approximate surface area is 110 Å². The Morgan fingerprint density at radius 3 is 2.59 bits per heavy atom. The van der Waals surface area contributed by atoms with Crippen LogP contribution in [-0.4, -0.2) is 11.9 Å². The quantitative estimate of drug-likeness (QED) is 0.272. The molecule has 0 aromatic heterocycles. The van der Waals surface area contributed by atoms with Crippen molar-refractivity contribution in [3.8, 4) is 0 Å². The van der Waals surface area contributed by atoms with Crippen LogP contribution >= 0.6 is 24.0 Å². The molecule has 0 heterocycles. The molecule has 1 aromatic carbocycles. The van der Waals surface area contributed by atoms with Gasteiger partial charge >= 0.3 is 0 Å². The van der Waals surface area contributed by atoms with E-state index < -0.39 is 0 Å². The van der Waals surface area contributed by atoms with Crippen LogP contribution in [0.4, 0.5) is 0 Å². The van der Waals surface area contributed by atoms with E-state index in [1.54, 1.807) is 12.1 Å². The van der Waals surface area contributed by atoms with Crippen molar-refractivity contribution in [2.75, 3.05) is 0 Å². The van der Waals surface area contributed by atoms with Gasteiger partial charge in [0.05, 0.1) is 0 Å². The lowest BCUT2D eigenvalue weighted by Gasteiger charge is -2.10. The summed E-state index contributed by atoms with van der Waals surface area (Å²) >= 11 is 5.81. The van der Waals surface area contributed by atoms with Gasteiger partial charge in [0.25, 0.3) is 0 Å². The lowest BCUT2D eigenvalue weighted by molar-refractivity contribution is 0.769. The third kappa shape index (κ3) is 6.49. The number of hydrogen-bond donors (Lipinski definition) is 6. The van der Waals surface area contributed by atoms with E-state index in [0.29, 0.717) is 11.6 Å². The van der Waals surface area contributed by atoms with Crippen molar-refractivity contribution in [3.05, 3.63) is 34.9 Å². The highest BCUT2D eigenvalue weighted by Crippen LogP contribution is 2.09. The number of guanidine groups is 2. The first-order valence-corrected chi connectivity index (χ1v) is 4.88. The Hall–Kier alpha value is -1.66. The number of hydrogen-bond acceptors (Lipinski definition) is 2. The monoisotopic (exact) mass is 276 g/mol. The van der Waals surface area contributed by atoms with E-state index in [1.165, 1.54) is 0 Å². The fourth-order valence-corrected chi connectivity index (χ4v) is 1.22. The molecule has 0 fully saturated rings. The van der Waals surface area contributed by atoms with E-state index in [1.807, 2.05) is 12.1 Å². The summed E-state index contributed by atoms with van der Waals surface area (Å²) in [5.74, 6) is -0.232. The number of benzene rings is 1. The summed E-state index contributed by atoms with van der Waals surface area (Å²) in [7, 11) is 0. The number of nitrogens with one attached hydrogen (secondary N) is 5. The second-order valence-corrected chi connectivity index (χ2v) is 3.46. The van der Waals surface area contributed by atoms with Crippen LogP contribution in [0.25, 0.3) is 0 Å². The fraction of sp³-hybridized carbons (Fsp3) is 0.111. The molecule has 0 aliphatic carbocycles. The second-order valence-electron chi connectivity index (χ2n) is 3.02. The van der Waals surface area contributed by atoms with Crippen LogP contribution < -0.4 is 21.9 Å². The highest BCUT2D eigenvalue weighted by molar-refractivity contribution is 6.30. The molecule has 0 radical (unpaired) electrons. The van der Waals surface area contributed by atoms with E-state index in [0.717, 1.165) is 5.56 Å². The maximum Gasteiger partial charge on any atom is 0.207 e. The molecule has 17 heavy (non-hydrogen) atoms. The molecule has 0 amide bonds. The van der Waals surface area contributed by atoms with Gasteiger partial charge in [0.2, 0.25) is 11.9 Å². The molecule has 7 N–H and O–H groups in total. The van der Waals surface area contributed by atoms with Gasteiger partial charge in [-0.05, 0) is 17.7 Å². The second kappa shape index (κ2) is 7.59. The van der Waals surface area contributed by atoms with Crippen molar-refractivity contribution < 1.29 is 0 Å². The minimum atomic E-state index is -0.255. The van der Waals surface area contributed by atoms with Crippen LogP contribution in [0.15, 0.2) is 24.3 Å². The predicted octanol–water partition coefficient (Wildman–Crippen LogP) is 0.774. The van der Waals surface area contributed by atoms with Gasteiger partial charge in [-0.2, -0.15) is 0 Å². The summed E-state index contributed by atoms with van der Waals surface area (Å²) in [5, 5.41) is 17.7. The Kier molecular flexibility index (Phi) is 6.85. The molecular formula is C9H14Cl2N6. The highest BCUT2D eigenvalue weighted by Gasteiger charge is 1.97. The zero-order valence-electron chi connectivity index (χ0n) is 8.88. The van der Waals surface area contributed by atoms with Gasteiger partial charge in [-0.25, -0.2) is 0 Å². The average molecular weight is 277 g/mol. The molecule has 1 aromatic rings. The topological polar surface area (TPSA) is 110 Å². The van der Waals surface area contributed by atoms with Crippen molar-refractivity contribution >= 4 is 35.9 Å². The third-order valence-electron chi connectivity index (χ3n) is 1.68. The average Bonchev–Trinajstić information content (AvgIpc) is 2.23. The molecule has 0 spiro atoms. The van der Waals surface area contributed by atoms with Crippen LogP contribution in [0, 0.1) is 10.8 Å². The zero-order chi connectivity index (χ0) is 12.0. The van der Waals surface area contributed by atoms with Crippen molar-refractivity contribution in [1.82, 2.24) is 16.2 Å². The van der Waals surface area contributed by atoms with Crippen LogP contribution in [0.5, 0.6) is 0 Å². The molecule has 0 unspecified atom stereocenters. The number of halogens is 2. The van der Waals surface area contributed by atoms with E-state index in [4.69, 9.17) is 28.2 Å². The molecule has 0 aliphatic heterocycles. The number of rotatable bonds is 2. The van der Waals surface area contributed by atoms with Gasteiger partial charge in [0, 0.05) is 11.6 Å². The van der Waals surface area contributed by atoms with Gasteiger partial charge < -0.3 is 11.1 Å². The first-order valence-electron chi connectivity index (χ1n) is 4.51. The smallest absolute Gasteiger partial charge is 0.207 e. The van der Waals surface area contributed by atoms with Gasteiger partial charge in [-0.15, -0.1) is 12.4 Å². The van der Waals surface area contributed by atoms with E-state index in [9.17, 15) is 0 Å². The molecule has 0 bridgehead atoms. The summed E-state index contributed by atoms with van der Waals surface area (Å²) in [4.78, 5) is 0. The minimum Gasteiger partial charge on any atom is -0.369 e. The van der Waals surface area contributed by atoms with Crippen LogP contribution in [0.1, 0.15) is 5.56 Å². The third-order valence-corrected chi connectivity index (χ3v) is 1.92. The first-order chi connectivity index (χ1) is 7.58. The molecule has 8 heteroatoms. The summed E-state index contributed by atoms with van der Waals surface area (Å²) in [6.45, 7) is 0.464. The lowest BCUT2D eigenvalue weighted by Crippen LogP contribution is -2.49. The molecule has 0 saturated carbocycles. The molecule has 0 atom stereocenters. The van der Waals surface area contributed by atoms with Crippen LogP contribution in [0.3, 0.4) is 0 Å².